The number of non-ortho nitro benzene ring substituents is 1. The Morgan fingerprint density at radius 1 is 0.926 bits per heavy atom. The molecule has 0 radical (unpaired) electrons. The molecule has 0 aliphatic rings. The lowest BCUT2D eigenvalue weighted by Gasteiger charge is -2.11. The van der Waals surface area contributed by atoms with Gasteiger partial charge in [0.25, 0.3) is 15.7 Å². The summed E-state index contributed by atoms with van der Waals surface area (Å²) < 4.78 is 28.2. The fraction of sp³-hybridized carbons (Fsp3) is 0.100. The second-order valence-electron chi connectivity index (χ2n) is 6.51. The first kappa shape index (κ1) is 17.2. The summed E-state index contributed by atoms with van der Waals surface area (Å²) in [7, 11) is -3.87. The Bertz CT molecular complexity index is 1320. The van der Waals surface area contributed by atoms with Crippen molar-refractivity contribution < 1.29 is 13.3 Å². The minimum atomic E-state index is -3.87. The molecule has 27 heavy (non-hydrogen) atoms. The second-order valence-corrected chi connectivity index (χ2v) is 8.30. The van der Waals surface area contributed by atoms with Crippen molar-refractivity contribution in [2.75, 3.05) is 0 Å². The zero-order valence-corrected chi connectivity index (χ0v) is 15.5. The Morgan fingerprint density at radius 2 is 1.63 bits per heavy atom. The van der Waals surface area contributed by atoms with Gasteiger partial charge in [-0.15, -0.1) is 0 Å². The smallest absolute Gasteiger partial charge is 0.258 e. The number of fused-ring (bicyclic) bond motifs is 3. The molecule has 6 nitrogen and oxygen atoms in total. The molecule has 4 aromatic rings. The van der Waals surface area contributed by atoms with Gasteiger partial charge in [0.15, 0.2) is 0 Å². The SMILES string of the molecule is Cc1ccc(S(=O)(=O)n2c3ccc([N+](=O)[O-])cc3c3cccc(C)c32)cc1. The average molecular weight is 380 g/mol. The van der Waals surface area contributed by atoms with Crippen LogP contribution in [-0.4, -0.2) is 17.3 Å². The number of aryl methyl sites for hydroxylation is 2. The molecular weight excluding hydrogens is 364 g/mol. The molecule has 4 rings (SSSR count). The summed E-state index contributed by atoms with van der Waals surface area (Å²) in [5, 5.41) is 12.4. The van der Waals surface area contributed by atoms with E-state index in [1.54, 1.807) is 30.3 Å². The molecule has 0 atom stereocenters. The Labute approximate surface area is 155 Å². The van der Waals surface area contributed by atoms with Gasteiger partial charge < -0.3 is 0 Å². The molecule has 0 saturated heterocycles. The van der Waals surface area contributed by atoms with Gasteiger partial charge in [0.1, 0.15) is 0 Å². The van der Waals surface area contributed by atoms with Crippen molar-refractivity contribution in [1.29, 1.82) is 0 Å². The standard InChI is InChI=1S/C20H16N2O4S/c1-13-6-9-16(10-7-13)27(25,26)21-19-11-8-15(22(23)24)12-18(19)17-5-3-4-14(2)20(17)21/h3-12H,1-2H3. The van der Waals surface area contributed by atoms with Gasteiger partial charge in [-0.2, -0.15) is 0 Å². The van der Waals surface area contributed by atoms with Gasteiger partial charge in [-0.05, 0) is 37.6 Å². The predicted octanol–water partition coefficient (Wildman–Crippen LogP) is 4.56. The van der Waals surface area contributed by atoms with Crippen molar-refractivity contribution in [3.8, 4) is 0 Å². The predicted molar refractivity (Wildman–Crippen MR) is 105 cm³/mol. The van der Waals surface area contributed by atoms with Crippen LogP contribution in [0.5, 0.6) is 0 Å². The summed E-state index contributed by atoms with van der Waals surface area (Å²) in [6, 6.07) is 16.3. The van der Waals surface area contributed by atoms with E-state index in [-0.39, 0.29) is 10.6 Å². The zero-order valence-electron chi connectivity index (χ0n) is 14.7. The third kappa shape index (κ3) is 2.59. The maximum atomic E-state index is 13.4. The van der Waals surface area contributed by atoms with Crippen LogP contribution in [0.25, 0.3) is 21.8 Å². The van der Waals surface area contributed by atoms with Crippen molar-refractivity contribution in [1.82, 2.24) is 3.97 Å². The molecule has 7 heteroatoms. The molecule has 136 valence electrons. The second kappa shape index (κ2) is 5.92. The first-order chi connectivity index (χ1) is 12.8. The van der Waals surface area contributed by atoms with E-state index in [9.17, 15) is 18.5 Å². The molecule has 0 unspecified atom stereocenters. The van der Waals surface area contributed by atoms with E-state index in [0.717, 1.165) is 11.1 Å². The third-order valence-corrected chi connectivity index (χ3v) is 6.43. The van der Waals surface area contributed by atoms with E-state index in [4.69, 9.17) is 0 Å². The van der Waals surface area contributed by atoms with Crippen molar-refractivity contribution in [3.63, 3.8) is 0 Å². The summed E-state index contributed by atoms with van der Waals surface area (Å²) in [5.74, 6) is 0. The lowest BCUT2D eigenvalue weighted by molar-refractivity contribution is -0.384. The molecule has 0 amide bonds. The van der Waals surface area contributed by atoms with Crippen LogP contribution in [0.3, 0.4) is 0 Å². The van der Waals surface area contributed by atoms with Gasteiger partial charge in [0, 0.05) is 22.9 Å². The monoisotopic (exact) mass is 380 g/mol. The van der Waals surface area contributed by atoms with Crippen LogP contribution in [0.1, 0.15) is 11.1 Å². The summed E-state index contributed by atoms with van der Waals surface area (Å²) >= 11 is 0. The molecule has 0 fully saturated rings. The molecule has 1 heterocycles. The van der Waals surface area contributed by atoms with E-state index in [1.165, 1.54) is 22.2 Å². The molecule has 0 bridgehead atoms. The molecule has 0 aliphatic carbocycles. The van der Waals surface area contributed by atoms with Gasteiger partial charge in [0.2, 0.25) is 0 Å². The number of rotatable bonds is 3. The number of hydrogen-bond acceptors (Lipinski definition) is 4. The highest BCUT2D eigenvalue weighted by atomic mass is 32.2. The van der Waals surface area contributed by atoms with Crippen LogP contribution >= 0.6 is 0 Å². The number of para-hydroxylation sites is 1. The van der Waals surface area contributed by atoms with Crippen molar-refractivity contribution in [3.05, 3.63) is 81.9 Å². The quantitative estimate of drug-likeness (QED) is 0.385. The van der Waals surface area contributed by atoms with Crippen LogP contribution < -0.4 is 0 Å². The van der Waals surface area contributed by atoms with E-state index in [2.05, 4.69) is 0 Å². The number of benzene rings is 3. The van der Waals surface area contributed by atoms with Crippen LogP contribution in [0.2, 0.25) is 0 Å². The Kier molecular flexibility index (Phi) is 3.78. The number of aromatic nitrogens is 1. The lowest BCUT2D eigenvalue weighted by Crippen LogP contribution is -2.13. The van der Waals surface area contributed by atoms with E-state index in [0.29, 0.717) is 21.8 Å². The van der Waals surface area contributed by atoms with Gasteiger partial charge in [-0.3, -0.25) is 10.1 Å². The lowest BCUT2D eigenvalue weighted by atomic mass is 10.1. The maximum Gasteiger partial charge on any atom is 0.270 e. The molecule has 0 spiro atoms. The number of nitro groups is 1. The van der Waals surface area contributed by atoms with Gasteiger partial charge >= 0.3 is 0 Å². The fourth-order valence-electron chi connectivity index (χ4n) is 3.36. The van der Waals surface area contributed by atoms with E-state index >= 15 is 0 Å². The zero-order chi connectivity index (χ0) is 19.3. The highest BCUT2D eigenvalue weighted by molar-refractivity contribution is 7.90. The highest BCUT2D eigenvalue weighted by Gasteiger charge is 2.25. The van der Waals surface area contributed by atoms with Crippen LogP contribution in [-0.2, 0) is 10.0 Å². The number of nitro benzene ring substituents is 1. The van der Waals surface area contributed by atoms with Crippen LogP contribution in [0, 0.1) is 24.0 Å². The largest absolute Gasteiger partial charge is 0.270 e. The summed E-state index contributed by atoms with van der Waals surface area (Å²) in [5.41, 5.74) is 2.62. The molecule has 0 saturated carbocycles. The number of nitrogens with zero attached hydrogens (tertiary/aromatic N) is 2. The van der Waals surface area contributed by atoms with Crippen molar-refractivity contribution in [2.45, 2.75) is 18.7 Å². The highest BCUT2D eigenvalue weighted by Crippen LogP contribution is 2.36. The summed E-state index contributed by atoms with van der Waals surface area (Å²) in [6.45, 7) is 3.72. The van der Waals surface area contributed by atoms with Crippen molar-refractivity contribution >= 4 is 37.5 Å². The first-order valence-electron chi connectivity index (χ1n) is 8.31. The van der Waals surface area contributed by atoms with Crippen LogP contribution in [0.15, 0.2) is 65.6 Å². The normalized spacial score (nSPS) is 11.9. The van der Waals surface area contributed by atoms with Crippen LogP contribution in [0.4, 0.5) is 5.69 Å². The maximum absolute atomic E-state index is 13.4. The Balaban J connectivity index is 2.16. The summed E-state index contributed by atoms with van der Waals surface area (Å²) in [6.07, 6.45) is 0. The third-order valence-electron chi connectivity index (χ3n) is 4.70. The average Bonchev–Trinajstić information content (AvgIpc) is 2.98. The Morgan fingerprint density at radius 3 is 2.30 bits per heavy atom. The first-order valence-corrected chi connectivity index (χ1v) is 9.75. The minimum Gasteiger partial charge on any atom is -0.258 e. The van der Waals surface area contributed by atoms with Gasteiger partial charge in [-0.25, -0.2) is 12.4 Å². The van der Waals surface area contributed by atoms with Crippen molar-refractivity contribution in [2.24, 2.45) is 0 Å². The molecular formula is C20H16N2O4S. The molecule has 0 aliphatic heterocycles. The summed E-state index contributed by atoms with van der Waals surface area (Å²) in [4.78, 5) is 10.9. The minimum absolute atomic E-state index is 0.0733. The molecule has 1 aromatic heterocycles. The van der Waals surface area contributed by atoms with Gasteiger partial charge in [0.05, 0.1) is 20.9 Å². The topological polar surface area (TPSA) is 82.2 Å². The van der Waals surface area contributed by atoms with E-state index < -0.39 is 14.9 Å². The van der Waals surface area contributed by atoms with E-state index in [1.807, 2.05) is 26.0 Å². The molecule has 3 aromatic carbocycles. The Hall–Kier alpha value is -3.19. The van der Waals surface area contributed by atoms with Gasteiger partial charge in [-0.1, -0.05) is 35.9 Å². The number of hydrogen-bond donors (Lipinski definition) is 0. The fourth-order valence-corrected chi connectivity index (χ4v) is 4.95. The molecule has 0 N–H and O–H groups in total.